The molecule has 2 rings (SSSR count). The molecular weight excluding hydrogens is 266 g/mol. The quantitative estimate of drug-likeness (QED) is 0.806. The number of aliphatic hydroxyl groups excluding tert-OH is 2. The molecule has 1 aromatic rings. The zero-order chi connectivity index (χ0) is 15.1. The number of ether oxygens (including phenoxy) is 1. The lowest BCUT2D eigenvalue weighted by Crippen LogP contribution is -2.45. The molecule has 1 unspecified atom stereocenters. The van der Waals surface area contributed by atoms with Gasteiger partial charge < -0.3 is 19.8 Å². The highest BCUT2D eigenvalue weighted by Gasteiger charge is 2.32. The molecule has 1 heterocycles. The lowest BCUT2D eigenvalue weighted by Gasteiger charge is -2.40. The second-order valence-electron chi connectivity index (χ2n) is 6.09. The van der Waals surface area contributed by atoms with E-state index in [9.17, 15) is 10.2 Å². The summed E-state index contributed by atoms with van der Waals surface area (Å²) >= 11 is 0. The standard InChI is InChI=1S/C17H27NO3/c1-2-17(14-19)8-10-18(11-9-17)12-15(20)13-21-16-6-4-3-5-7-16/h3-7,15,19-20H,2,8-14H2,1H3. The first-order chi connectivity index (χ1) is 10.2. The van der Waals surface area contributed by atoms with Gasteiger partial charge >= 0.3 is 0 Å². The number of nitrogens with zero attached hydrogens (tertiary/aromatic N) is 1. The van der Waals surface area contributed by atoms with Crippen molar-refractivity contribution in [2.75, 3.05) is 32.8 Å². The SMILES string of the molecule is CCC1(CO)CCN(CC(O)COc2ccccc2)CC1. The number of aliphatic hydroxyl groups is 2. The van der Waals surface area contributed by atoms with Gasteiger partial charge in [-0.15, -0.1) is 0 Å². The first-order valence-corrected chi connectivity index (χ1v) is 7.86. The molecular formula is C17H27NO3. The van der Waals surface area contributed by atoms with Crippen LogP contribution in [-0.2, 0) is 0 Å². The van der Waals surface area contributed by atoms with Gasteiger partial charge in [0.25, 0.3) is 0 Å². The summed E-state index contributed by atoms with van der Waals surface area (Å²) in [4.78, 5) is 2.27. The summed E-state index contributed by atoms with van der Waals surface area (Å²) in [6.45, 7) is 5.26. The van der Waals surface area contributed by atoms with Crippen molar-refractivity contribution in [3.05, 3.63) is 30.3 Å². The molecule has 0 saturated carbocycles. The third kappa shape index (κ3) is 4.70. The molecule has 0 radical (unpaired) electrons. The van der Waals surface area contributed by atoms with E-state index in [4.69, 9.17) is 4.74 Å². The Balaban J connectivity index is 1.71. The van der Waals surface area contributed by atoms with Crippen LogP contribution in [0.3, 0.4) is 0 Å². The summed E-state index contributed by atoms with van der Waals surface area (Å²) < 4.78 is 5.58. The number of hydrogen-bond acceptors (Lipinski definition) is 4. The summed E-state index contributed by atoms with van der Waals surface area (Å²) in [6.07, 6.45) is 2.56. The molecule has 0 bridgehead atoms. The number of β-amino-alcohol motifs (C(OH)–C–C–N with tert-alkyl or cyclic N) is 1. The molecule has 1 saturated heterocycles. The van der Waals surface area contributed by atoms with Crippen LogP contribution in [0.4, 0.5) is 0 Å². The van der Waals surface area contributed by atoms with Gasteiger partial charge in [-0.25, -0.2) is 0 Å². The Bertz CT molecular complexity index is 396. The average Bonchev–Trinajstić information content (AvgIpc) is 2.55. The molecule has 1 aliphatic rings. The van der Waals surface area contributed by atoms with Gasteiger partial charge in [0.2, 0.25) is 0 Å². The van der Waals surface area contributed by atoms with Crippen molar-refractivity contribution in [3.63, 3.8) is 0 Å². The summed E-state index contributed by atoms with van der Waals surface area (Å²) in [5.74, 6) is 0.792. The minimum atomic E-state index is -0.478. The third-order valence-electron chi connectivity index (χ3n) is 4.66. The maximum atomic E-state index is 10.1. The van der Waals surface area contributed by atoms with Gasteiger partial charge in [-0.05, 0) is 49.9 Å². The van der Waals surface area contributed by atoms with Crippen molar-refractivity contribution >= 4 is 0 Å². The van der Waals surface area contributed by atoms with Crippen LogP contribution in [0.15, 0.2) is 30.3 Å². The maximum Gasteiger partial charge on any atom is 0.119 e. The van der Waals surface area contributed by atoms with E-state index >= 15 is 0 Å². The fourth-order valence-corrected chi connectivity index (χ4v) is 2.89. The van der Waals surface area contributed by atoms with Gasteiger partial charge in [0.05, 0.1) is 0 Å². The predicted molar refractivity (Wildman–Crippen MR) is 83.4 cm³/mol. The highest BCUT2D eigenvalue weighted by molar-refractivity contribution is 5.20. The van der Waals surface area contributed by atoms with Crippen LogP contribution in [-0.4, -0.2) is 54.1 Å². The van der Waals surface area contributed by atoms with E-state index in [0.717, 1.165) is 38.1 Å². The molecule has 4 heteroatoms. The Morgan fingerprint density at radius 1 is 1.24 bits per heavy atom. The number of piperidine rings is 1. The second-order valence-corrected chi connectivity index (χ2v) is 6.09. The normalized spacial score (nSPS) is 20.1. The minimum absolute atomic E-state index is 0.0992. The third-order valence-corrected chi connectivity index (χ3v) is 4.66. The topological polar surface area (TPSA) is 52.9 Å². The Morgan fingerprint density at radius 3 is 2.48 bits per heavy atom. The van der Waals surface area contributed by atoms with E-state index in [-0.39, 0.29) is 12.0 Å². The monoisotopic (exact) mass is 293 g/mol. The predicted octanol–water partition coefficient (Wildman–Crippen LogP) is 1.91. The van der Waals surface area contributed by atoms with Crippen molar-refractivity contribution in [1.29, 1.82) is 0 Å². The van der Waals surface area contributed by atoms with E-state index in [0.29, 0.717) is 13.2 Å². The summed E-state index contributed by atoms with van der Waals surface area (Å²) in [7, 11) is 0. The minimum Gasteiger partial charge on any atom is -0.491 e. The molecule has 118 valence electrons. The van der Waals surface area contributed by atoms with Crippen molar-refractivity contribution in [3.8, 4) is 5.75 Å². The molecule has 0 spiro atoms. The second kappa shape index (κ2) is 7.78. The largest absolute Gasteiger partial charge is 0.491 e. The van der Waals surface area contributed by atoms with E-state index in [1.807, 2.05) is 30.3 Å². The van der Waals surface area contributed by atoms with Crippen LogP contribution in [0.2, 0.25) is 0 Å². The van der Waals surface area contributed by atoms with Crippen LogP contribution in [0, 0.1) is 5.41 Å². The van der Waals surface area contributed by atoms with E-state index in [1.165, 1.54) is 0 Å². The number of likely N-dealkylation sites (tertiary alicyclic amines) is 1. The molecule has 1 atom stereocenters. The Morgan fingerprint density at radius 2 is 1.90 bits per heavy atom. The van der Waals surface area contributed by atoms with Gasteiger partial charge in [-0.3, -0.25) is 0 Å². The molecule has 0 aromatic heterocycles. The van der Waals surface area contributed by atoms with Crippen LogP contribution in [0.25, 0.3) is 0 Å². The Kier molecular flexibility index (Phi) is 6.03. The fourth-order valence-electron chi connectivity index (χ4n) is 2.89. The van der Waals surface area contributed by atoms with E-state index < -0.39 is 6.10 Å². The van der Waals surface area contributed by atoms with E-state index in [2.05, 4.69) is 11.8 Å². The Hall–Kier alpha value is -1.10. The smallest absolute Gasteiger partial charge is 0.119 e. The Labute approximate surface area is 127 Å². The van der Waals surface area contributed by atoms with Gasteiger partial charge in [-0.1, -0.05) is 25.1 Å². The molecule has 0 aliphatic carbocycles. The van der Waals surface area contributed by atoms with Crippen LogP contribution in [0.5, 0.6) is 5.75 Å². The lowest BCUT2D eigenvalue weighted by molar-refractivity contribution is 0.0121. The van der Waals surface area contributed by atoms with Crippen molar-refractivity contribution in [2.24, 2.45) is 5.41 Å². The number of para-hydroxylation sites is 1. The number of rotatable bonds is 7. The van der Waals surface area contributed by atoms with E-state index in [1.54, 1.807) is 0 Å². The van der Waals surface area contributed by atoms with Gasteiger partial charge in [0.15, 0.2) is 0 Å². The van der Waals surface area contributed by atoms with Crippen molar-refractivity contribution in [2.45, 2.75) is 32.3 Å². The molecule has 1 aliphatic heterocycles. The van der Waals surface area contributed by atoms with Crippen LogP contribution in [0.1, 0.15) is 26.2 Å². The molecule has 1 fully saturated rings. The van der Waals surface area contributed by atoms with Crippen molar-refractivity contribution in [1.82, 2.24) is 4.90 Å². The van der Waals surface area contributed by atoms with Crippen LogP contribution >= 0.6 is 0 Å². The summed E-state index contributed by atoms with van der Waals surface area (Å²) in [5.41, 5.74) is 0.0992. The summed E-state index contributed by atoms with van der Waals surface area (Å²) in [5, 5.41) is 19.6. The first-order valence-electron chi connectivity index (χ1n) is 7.86. The van der Waals surface area contributed by atoms with Gasteiger partial charge in [0, 0.05) is 13.2 Å². The molecule has 21 heavy (non-hydrogen) atoms. The average molecular weight is 293 g/mol. The zero-order valence-corrected chi connectivity index (χ0v) is 12.9. The molecule has 1 aromatic carbocycles. The van der Waals surface area contributed by atoms with Crippen molar-refractivity contribution < 1.29 is 14.9 Å². The zero-order valence-electron chi connectivity index (χ0n) is 12.9. The first kappa shape index (κ1) is 16.3. The number of hydrogen-bond donors (Lipinski definition) is 2. The molecule has 4 nitrogen and oxygen atoms in total. The van der Waals surface area contributed by atoms with Crippen LogP contribution < -0.4 is 4.74 Å². The number of benzene rings is 1. The fraction of sp³-hybridized carbons (Fsp3) is 0.647. The highest BCUT2D eigenvalue weighted by atomic mass is 16.5. The highest BCUT2D eigenvalue weighted by Crippen LogP contribution is 2.34. The molecule has 2 N–H and O–H groups in total. The lowest BCUT2D eigenvalue weighted by atomic mass is 9.77. The maximum absolute atomic E-state index is 10.1. The summed E-state index contributed by atoms with van der Waals surface area (Å²) in [6, 6.07) is 9.57. The van der Waals surface area contributed by atoms with Gasteiger partial charge in [-0.2, -0.15) is 0 Å². The van der Waals surface area contributed by atoms with Gasteiger partial charge in [0.1, 0.15) is 18.5 Å². The molecule has 0 amide bonds.